The molecule has 2 aromatic carbocycles. The molecule has 0 aliphatic carbocycles. The van der Waals surface area contributed by atoms with Gasteiger partial charge in [0.25, 0.3) is 0 Å². The lowest BCUT2D eigenvalue weighted by Crippen LogP contribution is -2.06. The van der Waals surface area contributed by atoms with Crippen molar-refractivity contribution in [1.82, 2.24) is 9.97 Å². The molecule has 3 rings (SSSR count). The van der Waals surface area contributed by atoms with Crippen molar-refractivity contribution in [2.24, 2.45) is 0 Å². The van der Waals surface area contributed by atoms with Crippen LogP contribution >= 0.6 is 11.6 Å². The normalized spacial score (nSPS) is 10.4. The minimum Gasteiger partial charge on any atom is -0.478 e. The highest BCUT2D eigenvalue weighted by molar-refractivity contribution is 6.31. The minimum absolute atomic E-state index is 0.00965. The van der Waals surface area contributed by atoms with Gasteiger partial charge in [-0.2, -0.15) is 0 Å². The molecule has 0 atom stereocenters. The highest BCUT2D eigenvalue weighted by Gasteiger charge is 2.23. The molecule has 9 nitrogen and oxygen atoms in total. The molecule has 10 heteroatoms. The third kappa shape index (κ3) is 4.15. The SMILES string of the molecule is Cc1ccc(Nc2ncnc(Nc3ccc(C(=O)O)cc3)c2[N+](=O)[O-])cc1Cl. The van der Waals surface area contributed by atoms with E-state index in [4.69, 9.17) is 16.7 Å². The van der Waals surface area contributed by atoms with Gasteiger partial charge in [0.15, 0.2) is 0 Å². The van der Waals surface area contributed by atoms with Crippen molar-refractivity contribution >= 4 is 46.3 Å². The van der Waals surface area contributed by atoms with Crippen LogP contribution in [0.4, 0.5) is 28.7 Å². The maximum atomic E-state index is 11.6. The molecule has 0 spiro atoms. The number of hydrogen-bond donors (Lipinski definition) is 3. The van der Waals surface area contributed by atoms with Crippen molar-refractivity contribution in [2.75, 3.05) is 10.6 Å². The van der Waals surface area contributed by atoms with Gasteiger partial charge in [0.2, 0.25) is 11.6 Å². The Morgan fingerprint density at radius 2 is 1.64 bits per heavy atom. The Hall–Kier alpha value is -3.72. The third-order valence-electron chi connectivity index (χ3n) is 3.83. The predicted octanol–water partition coefficient (Wildman–Crippen LogP) is 4.53. The van der Waals surface area contributed by atoms with Crippen LogP contribution in [0.25, 0.3) is 0 Å². The van der Waals surface area contributed by atoms with E-state index in [1.165, 1.54) is 30.6 Å². The number of hydrogen-bond acceptors (Lipinski definition) is 7. The summed E-state index contributed by atoms with van der Waals surface area (Å²) < 4.78 is 0. The summed E-state index contributed by atoms with van der Waals surface area (Å²) in [7, 11) is 0. The maximum absolute atomic E-state index is 11.6. The number of rotatable bonds is 6. The average Bonchev–Trinajstić information content (AvgIpc) is 2.65. The first-order valence-electron chi connectivity index (χ1n) is 7.98. The molecule has 0 aliphatic rings. The van der Waals surface area contributed by atoms with Crippen molar-refractivity contribution in [3.8, 4) is 0 Å². The number of nitrogens with one attached hydrogen (secondary N) is 2. The van der Waals surface area contributed by atoms with Crippen LogP contribution in [0.1, 0.15) is 15.9 Å². The lowest BCUT2D eigenvalue weighted by molar-refractivity contribution is -0.383. The summed E-state index contributed by atoms with van der Waals surface area (Å²) in [6.07, 6.45) is 1.18. The van der Waals surface area contributed by atoms with E-state index in [1.54, 1.807) is 18.2 Å². The smallest absolute Gasteiger partial charge is 0.353 e. The number of nitrogens with zero attached hydrogens (tertiary/aromatic N) is 3. The summed E-state index contributed by atoms with van der Waals surface area (Å²) in [5.74, 6) is -1.11. The Morgan fingerprint density at radius 3 is 2.18 bits per heavy atom. The summed E-state index contributed by atoms with van der Waals surface area (Å²) >= 11 is 6.10. The van der Waals surface area contributed by atoms with E-state index in [1.807, 2.05) is 6.92 Å². The van der Waals surface area contributed by atoms with Crippen LogP contribution in [0.2, 0.25) is 5.02 Å². The van der Waals surface area contributed by atoms with Crippen LogP contribution in [-0.4, -0.2) is 26.0 Å². The fourth-order valence-electron chi connectivity index (χ4n) is 2.37. The zero-order valence-corrected chi connectivity index (χ0v) is 15.3. The van der Waals surface area contributed by atoms with E-state index in [9.17, 15) is 14.9 Å². The number of carboxylic acid groups (broad SMARTS) is 1. The Balaban J connectivity index is 1.93. The van der Waals surface area contributed by atoms with E-state index in [0.29, 0.717) is 16.4 Å². The number of carboxylic acids is 1. The highest BCUT2D eigenvalue weighted by Crippen LogP contribution is 2.33. The molecule has 1 aromatic heterocycles. The number of carbonyl (C=O) groups is 1. The van der Waals surface area contributed by atoms with Gasteiger partial charge < -0.3 is 15.7 Å². The second kappa shape index (κ2) is 7.89. The van der Waals surface area contributed by atoms with Crippen LogP contribution in [0.15, 0.2) is 48.8 Å². The molecule has 0 radical (unpaired) electrons. The molecule has 3 N–H and O–H groups in total. The van der Waals surface area contributed by atoms with E-state index in [0.717, 1.165) is 5.56 Å². The van der Waals surface area contributed by atoms with Crippen molar-refractivity contribution in [3.63, 3.8) is 0 Å². The molecule has 0 saturated heterocycles. The number of aromatic nitrogens is 2. The van der Waals surface area contributed by atoms with Crippen LogP contribution in [-0.2, 0) is 0 Å². The molecule has 3 aromatic rings. The van der Waals surface area contributed by atoms with E-state index in [-0.39, 0.29) is 22.9 Å². The number of aromatic carboxylic acids is 1. The van der Waals surface area contributed by atoms with Gasteiger partial charge >= 0.3 is 11.7 Å². The van der Waals surface area contributed by atoms with Crippen molar-refractivity contribution < 1.29 is 14.8 Å². The summed E-state index contributed by atoms with van der Waals surface area (Å²) in [5.41, 5.74) is 1.59. The van der Waals surface area contributed by atoms with E-state index in [2.05, 4.69) is 20.6 Å². The minimum atomic E-state index is -1.07. The van der Waals surface area contributed by atoms with Gasteiger partial charge in [0.05, 0.1) is 10.5 Å². The van der Waals surface area contributed by atoms with Crippen molar-refractivity contribution in [2.45, 2.75) is 6.92 Å². The Morgan fingerprint density at radius 1 is 1.07 bits per heavy atom. The zero-order valence-electron chi connectivity index (χ0n) is 14.5. The summed E-state index contributed by atoms with van der Waals surface area (Å²) in [4.78, 5) is 29.9. The largest absolute Gasteiger partial charge is 0.478 e. The molecular weight excluding hydrogens is 386 g/mol. The first kappa shape index (κ1) is 19.1. The summed E-state index contributed by atoms with van der Waals surface area (Å²) in [6.45, 7) is 1.84. The molecular formula is C18H14ClN5O4. The van der Waals surface area contributed by atoms with Gasteiger partial charge in [-0.3, -0.25) is 10.1 Å². The van der Waals surface area contributed by atoms with Crippen LogP contribution < -0.4 is 10.6 Å². The van der Waals surface area contributed by atoms with Crippen molar-refractivity contribution in [3.05, 3.63) is 75.1 Å². The maximum Gasteiger partial charge on any atom is 0.353 e. The van der Waals surface area contributed by atoms with E-state index < -0.39 is 10.9 Å². The molecule has 28 heavy (non-hydrogen) atoms. The standard InChI is InChI=1S/C18H14ClN5O4/c1-10-2-5-13(8-14(10)19)23-17-15(24(27)28)16(20-9-21-17)22-12-6-3-11(4-7-12)18(25)26/h2-9H,1H3,(H,25,26)(H2,20,21,22,23). The fraction of sp³-hybridized carbons (Fsp3) is 0.0556. The molecule has 0 unspecified atom stereocenters. The Bertz CT molecular complexity index is 1060. The average molecular weight is 400 g/mol. The van der Waals surface area contributed by atoms with Gasteiger partial charge in [-0.25, -0.2) is 14.8 Å². The lowest BCUT2D eigenvalue weighted by Gasteiger charge is -2.11. The summed E-state index contributed by atoms with van der Waals surface area (Å²) in [6, 6.07) is 10.9. The van der Waals surface area contributed by atoms with Crippen LogP contribution in [0, 0.1) is 17.0 Å². The van der Waals surface area contributed by atoms with Gasteiger partial charge in [0.1, 0.15) is 6.33 Å². The van der Waals surface area contributed by atoms with Crippen LogP contribution in [0.3, 0.4) is 0 Å². The predicted molar refractivity (Wildman–Crippen MR) is 105 cm³/mol. The molecule has 0 bridgehead atoms. The van der Waals surface area contributed by atoms with Crippen LogP contribution in [0.5, 0.6) is 0 Å². The molecule has 0 aliphatic heterocycles. The lowest BCUT2D eigenvalue weighted by atomic mass is 10.2. The number of halogens is 1. The number of aryl methyl sites for hydroxylation is 1. The second-order valence-electron chi connectivity index (χ2n) is 5.77. The first-order valence-corrected chi connectivity index (χ1v) is 8.36. The first-order chi connectivity index (χ1) is 13.3. The van der Waals surface area contributed by atoms with Gasteiger partial charge in [0, 0.05) is 16.4 Å². The summed E-state index contributed by atoms with van der Waals surface area (Å²) in [5, 5.41) is 26.8. The molecule has 0 amide bonds. The Labute approximate surface area is 164 Å². The molecule has 0 fully saturated rings. The second-order valence-corrected chi connectivity index (χ2v) is 6.18. The number of anilines is 4. The third-order valence-corrected chi connectivity index (χ3v) is 4.24. The van der Waals surface area contributed by atoms with Gasteiger partial charge in [-0.15, -0.1) is 0 Å². The molecule has 1 heterocycles. The topological polar surface area (TPSA) is 130 Å². The number of benzene rings is 2. The Kier molecular flexibility index (Phi) is 5.37. The van der Waals surface area contributed by atoms with Gasteiger partial charge in [-0.05, 0) is 48.9 Å². The quantitative estimate of drug-likeness (QED) is 0.407. The molecule has 142 valence electrons. The van der Waals surface area contributed by atoms with E-state index >= 15 is 0 Å². The highest BCUT2D eigenvalue weighted by atomic mass is 35.5. The number of nitro groups is 1. The fourth-order valence-corrected chi connectivity index (χ4v) is 2.56. The zero-order chi connectivity index (χ0) is 20.3. The molecule has 0 saturated carbocycles. The van der Waals surface area contributed by atoms with Crippen molar-refractivity contribution in [1.29, 1.82) is 0 Å². The van der Waals surface area contributed by atoms with Gasteiger partial charge in [-0.1, -0.05) is 17.7 Å². The monoisotopic (exact) mass is 399 g/mol.